The molecular formula is C22H30N2O6. The van der Waals surface area contributed by atoms with Crippen molar-refractivity contribution in [2.75, 3.05) is 26.2 Å². The highest BCUT2D eigenvalue weighted by atomic mass is 16.4. The molecule has 2 aromatic rings. The number of aliphatic carboxylic acids is 1. The summed E-state index contributed by atoms with van der Waals surface area (Å²) in [6, 6.07) is 11.2. The lowest BCUT2D eigenvalue weighted by atomic mass is 10.1. The third-order valence-electron chi connectivity index (χ3n) is 5.05. The molecule has 0 aromatic heterocycles. The fraction of sp³-hybridized carbons (Fsp3) is 0.409. The Labute approximate surface area is 176 Å². The van der Waals surface area contributed by atoms with Crippen LogP contribution in [0, 0.1) is 0 Å². The molecule has 0 fully saturated rings. The lowest BCUT2D eigenvalue weighted by molar-refractivity contribution is -0.138. The Morgan fingerprint density at radius 2 is 1.70 bits per heavy atom. The zero-order chi connectivity index (χ0) is 22.1. The maximum atomic E-state index is 11.4. The number of carboxylic acid groups (broad SMARTS) is 1. The SMILES string of the molecule is CCN(Cc1cc(CO)ccc1O)C(CO)CN(CC(=O)O)Cc1ccccc1O. The molecule has 0 saturated carbocycles. The molecule has 5 N–H and O–H groups in total. The predicted octanol–water partition coefficient (Wildman–Crippen LogP) is 1.36. The van der Waals surface area contributed by atoms with Crippen LogP contribution in [0.1, 0.15) is 23.6 Å². The summed E-state index contributed by atoms with van der Waals surface area (Å²) in [6.45, 7) is 2.70. The highest BCUT2D eigenvalue weighted by Gasteiger charge is 2.23. The minimum absolute atomic E-state index is 0.0894. The van der Waals surface area contributed by atoms with Gasteiger partial charge in [-0.2, -0.15) is 0 Å². The molecule has 0 aliphatic heterocycles. The molecule has 164 valence electrons. The van der Waals surface area contributed by atoms with Crippen molar-refractivity contribution in [3.63, 3.8) is 0 Å². The van der Waals surface area contributed by atoms with Gasteiger partial charge in [-0.1, -0.05) is 31.2 Å². The number of para-hydroxylation sites is 1. The van der Waals surface area contributed by atoms with Crippen molar-refractivity contribution in [3.05, 3.63) is 59.2 Å². The van der Waals surface area contributed by atoms with Crippen molar-refractivity contribution in [3.8, 4) is 11.5 Å². The van der Waals surface area contributed by atoms with Crippen LogP contribution in [-0.2, 0) is 24.5 Å². The molecule has 0 amide bonds. The Hall–Kier alpha value is -2.65. The monoisotopic (exact) mass is 418 g/mol. The molecule has 2 rings (SSSR count). The van der Waals surface area contributed by atoms with Crippen molar-refractivity contribution in [1.29, 1.82) is 0 Å². The van der Waals surface area contributed by atoms with E-state index in [1.54, 1.807) is 41.3 Å². The van der Waals surface area contributed by atoms with Crippen LogP contribution in [-0.4, -0.2) is 73.6 Å². The van der Waals surface area contributed by atoms with Gasteiger partial charge < -0.3 is 25.5 Å². The van der Waals surface area contributed by atoms with Crippen molar-refractivity contribution in [2.45, 2.75) is 32.7 Å². The second-order valence-electron chi connectivity index (χ2n) is 7.21. The summed E-state index contributed by atoms with van der Waals surface area (Å²) in [5, 5.41) is 48.9. The number of phenols is 2. The van der Waals surface area contributed by atoms with E-state index in [2.05, 4.69) is 0 Å². The number of benzene rings is 2. The lowest BCUT2D eigenvalue weighted by Crippen LogP contribution is -2.46. The van der Waals surface area contributed by atoms with Crippen LogP contribution in [0.25, 0.3) is 0 Å². The second-order valence-corrected chi connectivity index (χ2v) is 7.21. The van der Waals surface area contributed by atoms with Gasteiger partial charge in [0.05, 0.1) is 19.8 Å². The van der Waals surface area contributed by atoms with Gasteiger partial charge in [0, 0.05) is 36.8 Å². The highest BCUT2D eigenvalue weighted by Crippen LogP contribution is 2.22. The van der Waals surface area contributed by atoms with Crippen LogP contribution < -0.4 is 0 Å². The summed E-state index contributed by atoms with van der Waals surface area (Å²) in [5.41, 5.74) is 1.89. The van der Waals surface area contributed by atoms with E-state index >= 15 is 0 Å². The largest absolute Gasteiger partial charge is 0.508 e. The summed E-state index contributed by atoms with van der Waals surface area (Å²) in [7, 11) is 0. The van der Waals surface area contributed by atoms with Crippen LogP contribution >= 0.6 is 0 Å². The van der Waals surface area contributed by atoms with Gasteiger partial charge >= 0.3 is 5.97 Å². The maximum Gasteiger partial charge on any atom is 0.317 e. The molecule has 0 aliphatic carbocycles. The molecule has 2 aromatic carbocycles. The molecule has 0 bridgehead atoms. The summed E-state index contributed by atoms with van der Waals surface area (Å²) in [5.74, 6) is -0.816. The van der Waals surface area contributed by atoms with Gasteiger partial charge in [0.15, 0.2) is 0 Å². The fourth-order valence-electron chi connectivity index (χ4n) is 3.43. The van der Waals surface area contributed by atoms with Gasteiger partial charge in [-0.3, -0.25) is 14.6 Å². The zero-order valence-electron chi connectivity index (χ0n) is 17.1. The van der Waals surface area contributed by atoms with Crippen LogP contribution in [0.5, 0.6) is 11.5 Å². The smallest absolute Gasteiger partial charge is 0.317 e. The van der Waals surface area contributed by atoms with E-state index < -0.39 is 12.0 Å². The number of carboxylic acids is 1. The Balaban J connectivity index is 2.18. The molecule has 0 radical (unpaired) electrons. The van der Waals surface area contributed by atoms with Gasteiger partial charge in [-0.15, -0.1) is 0 Å². The number of aromatic hydroxyl groups is 2. The molecule has 30 heavy (non-hydrogen) atoms. The number of hydrogen-bond donors (Lipinski definition) is 5. The normalized spacial score (nSPS) is 12.4. The molecule has 1 atom stereocenters. The molecular weight excluding hydrogens is 388 g/mol. The summed E-state index contributed by atoms with van der Waals surface area (Å²) in [6.07, 6.45) is 0. The number of aliphatic hydroxyl groups excluding tert-OH is 2. The fourth-order valence-corrected chi connectivity index (χ4v) is 3.43. The van der Waals surface area contributed by atoms with Crippen molar-refractivity contribution >= 4 is 5.97 Å². The molecule has 1 unspecified atom stereocenters. The van der Waals surface area contributed by atoms with Gasteiger partial charge in [0.2, 0.25) is 0 Å². The predicted molar refractivity (Wildman–Crippen MR) is 112 cm³/mol. The average Bonchev–Trinajstić information content (AvgIpc) is 2.72. The average molecular weight is 418 g/mol. The van der Waals surface area contributed by atoms with Crippen LogP contribution in [0.2, 0.25) is 0 Å². The molecule has 0 saturated heterocycles. The van der Waals surface area contributed by atoms with E-state index in [0.29, 0.717) is 29.8 Å². The number of phenolic OH excluding ortho intramolecular Hbond substituents is 2. The number of hydrogen-bond acceptors (Lipinski definition) is 7. The summed E-state index contributed by atoms with van der Waals surface area (Å²) >= 11 is 0. The Morgan fingerprint density at radius 1 is 1.00 bits per heavy atom. The number of rotatable bonds is 12. The third-order valence-corrected chi connectivity index (χ3v) is 5.05. The van der Waals surface area contributed by atoms with E-state index in [-0.39, 0.29) is 44.3 Å². The molecule has 0 heterocycles. The van der Waals surface area contributed by atoms with Crippen LogP contribution in [0.4, 0.5) is 0 Å². The van der Waals surface area contributed by atoms with Gasteiger partial charge in [0.1, 0.15) is 11.5 Å². The van der Waals surface area contributed by atoms with Crippen LogP contribution in [0.3, 0.4) is 0 Å². The number of likely N-dealkylation sites (N-methyl/N-ethyl adjacent to an activating group) is 1. The topological polar surface area (TPSA) is 125 Å². The van der Waals surface area contributed by atoms with Crippen LogP contribution in [0.15, 0.2) is 42.5 Å². The quantitative estimate of drug-likeness (QED) is 0.350. The Morgan fingerprint density at radius 3 is 2.30 bits per heavy atom. The number of nitrogens with zero attached hydrogens (tertiary/aromatic N) is 2. The number of carbonyl (C=O) groups is 1. The van der Waals surface area contributed by atoms with E-state index in [0.717, 1.165) is 0 Å². The van der Waals surface area contributed by atoms with Crippen molar-refractivity contribution in [1.82, 2.24) is 9.80 Å². The Bertz CT molecular complexity index is 829. The standard InChI is InChI=1S/C22H30N2O6/c1-2-24(11-18-9-16(14-25)7-8-21(18)28)19(15-26)12-23(13-22(29)30)10-17-5-3-4-6-20(17)27/h3-9,19,25-28H,2,10-15H2,1H3,(H,29,30). The summed E-state index contributed by atoms with van der Waals surface area (Å²) < 4.78 is 0. The first kappa shape index (κ1) is 23.6. The molecule has 0 spiro atoms. The lowest BCUT2D eigenvalue weighted by Gasteiger charge is -2.33. The van der Waals surface area contributed by atoms with Gasteiger partial charge in [0.25, 0.3) is 0 Å². The van der Waals surface area contributed by atoms with E-state index in [9.17, 15) is 30.3 Å². The van der Waals surface area contributed by atoms with E-state index in [1.165, 1.54) is 6.07 Å². The first-order chi connectivity index (χ1) is 14.4. The first-order valence-electron chi connectivity index (χ1n) is 9.85. The zero-order valence-corrected chi connectivity index (χ0v) is 17.1. The molecule has 8 nitrogen and oxygen atoms in total. The van der Waals surface area contributed by atoms with Gasteiger partial charge in [-0.25, -0.2) is 0 Å². The second kappa shape index (κ2) is 11.5. The summed E-state index contributed by atoms with van der Waals surface area (Å²) in [4.78, 5) is 15.0. The number of aliphatic hydroxyl groups is 2. The maximum absolute atomic E-state index is 11.4. The van der Waals surface area contributed by atoms with Gasteiger partial charge in [-0.05, 0) is 30.3 Å². The van der Waals surface area contributed by atoms with E-state index in [1.807, 2.05) is 11.8 Å². The molecule has 8 heteroatoms. The third kappa shape index (κ3) is 6.70. The highest BCUT2D eigenvalue weighted by molar-refractivity contribution is 5.69. The first-order valence-corrected chi connectivity index (χ1v) is 9.85. The minimum Gasteiger partial charge on any atom is -0.508 e. The van der Waals surface area contributed by atoms with Crippen molar-refractivity contribution in [2.24, 2.45) is 0 Å². The van der Waals surface area contributed by atoms with Crippen molar-refractivity contribution < 1.29 is 30.3 Å². The Kier molecular flexibility index (Phi) is 9.07. The molecule has 0 aliphatic rings. The minimum atomic E-state index is -1.00. The van der Waals surface area contributed by atoms with E-state index in [4.69, 9.17) is 0 Å².